The second-order valence-electron chi connectivity index (χ2n) is 3.64. The van der Waals surface area contributed by atoms with E-state index < -0.39 is 0 Å². The third-order valence-corrected chi connectivity index (χ3v) is 2.53. The maximum atomic E-state index is 5.92. The summed E-state index contributed by atoms with van der Waals surface area (Å²) in [5, 5.41) is 3.90. The van der Waals surface area contributed by atoms with Crippen LogP contribution in [0.4, 0.5) is 5.82 Å². The molecule has 0 saturated carbocycles. The normalized spacial score (nSPS) is 12.6. The number of hydrogen-bond acceptors (Lipinski definition) is 2. The molecule has 0 radical (unpaired) electrons. The highest BCUT2D eigenvalue weighted by molar-refractivity contribution is 6.30. The Hall–Kier alpha value is -0.760. The van der Waals surface area contributed by atoms with Gasteiger partial charge in [0.25, 0.3) is 0 Å². The third-order valence-electron chi connectivity index (χ3n) is 2.15. The summed E-state index contributed by atoms with van der Waals surface area (Å²) in [6.45, 7) is 6.28. The number of rotatable bonds is 4. The highest BCUT2D eigenvalue weighted by atomic mass is 35.5. The summed E-state index contributed by atoms with van der Waals surface area (Å²) in [5.74, 6) is 0.863. The minimum atomic E-state index is 0.450. The van der Waals surface area contributed by atoms with Crippen molar-refractivity contribution in [3.63, 3.8) is 0 Å². The molecule has 1 N–H and O–H groups in total. The van der Waals surface area contributed by atoms with Crippen LogP contribution in [-0.2, 0) is 0 Å². The van der Waals surface area contributed by atoms with Crippen LogP contribution < -0.4 is 5.32 Å². The van der Waals surface area contributed by atoms with Gasteiger partial charge in [-0.05, 0) is 31.9 Å². The molecule has 14 heavy (non-hydrogen) atoms. The van der Waals surface area contributed by atoms with Crippen molar-refractivity contribution in [3.8, 4) is 0 Å². The number of aryl methyl sites for hydroxylation is 1. The molecular formula is C11H17ClN2. The quantitative estimate of drug-likeness (QED) is 0.771. The molecule has 1 heterocycles. The van der Waals surface area contributed by atoms with E-state index in [-0.39, 0.29) is 0 Å². The Kier molecular flexibility index (Phi) is 4.21. The minimum Gasteiger partial charge on any atom is -0.368 e. The lowest BCUT2D eigenvalue weighted by molar-refractivity contribution is 0.687. The van der Waals surface area contributed by atoms with E-state index in [1.165, 1.54) is 6.42 Å². The van der Waals surface area contributed by atoms with Crippen LogP contribution in [0.2, 0.25) is 5.15 Å². The van der Waals surface area contributed by atoms with E-state index in [2.05, 4.69) is 24.1 Å². The Morgan fingerprint density at radius 2 is 2.21 bits per heavy atom. The maximum absolute atomic E-state index is 5.92. The second kappa shape index (κ2) is 5.20. The Morgan fingerprint density at radius 1 is 1.50 bits per heavy atom. The predicted octanol–water partition coefficient (Wildman–Crippen LogP) is 3.64. The fraction of sp³-hybridized carbons (Fsp3) is 0.545. The van der Waals surface area contributed by atoms with E-state index in [4.69, 9.17) is 11.6 Å². The van der Waals surface area contributed by atoms with Gasteiger partial charge in [0.05, 0.1) is 0 Å². The van der Waals surface area contributed by atoms with E-state index in [1.54, 1.807) is 0 Å². The van der Waals surface area contributed by atoms with Gasteiger partial charge in [0.1, 0.15) is 11.0 Å². The van der Waals surface area contributed by atoms with Crippen LogP contribution in [-0.4, -0.2) is 11.0 Å². The molecule has 0 fully saturated rings. The summed E-state index contributed by atoms with van der Waals surface area (Å²) in [6, 6.07) is 4.40. The van der Waals surface area contributed by atoms with Crippen molar-refractivity contribution in [3.05, 3.63) is 22.8 Å². The van der Waals surface area contributed by atoms with Crippen molar-refractivity contribution < 1.29 is 0 Å². The van der Waals surface area contributed by atoms with Gasteiger partial charge < -0.3 is 5.32 Å². The van der Waals surface area contributed by atoms with Gasteiger partial charge in [-0.3, -0.25) is 0 Å². The van der Waals surface area contributed by atoms with E-state index in [9.17, 15) is 0 Å². The monoisotopic (exact) mass is 212 g/mol. The molecule has 1 unspecified atom stereocenters. The first kappa shape index (κ1) is 11.3. The Bertz CT molecular complexity index is 299. The molecule has 1 aromatic heterocycles. The molecule has 3 heteroatoms. The maximum Gasteiger partial charge on any atom is 0.134 e. The van der Waals surface area contributed by atoms with Crippen LogP contribution in [0.1, 0.15) is 32.3 Å². The van der Waals surface area contributed by atoms with Crippen molar-refractivity contribution in [2.45, 2.75) is 39.7 Å². The summed E-state index contributed by atoms with van der Waals surface area (Å²) in [5.41, 5.74) is 1.01. The lowest BCUT2D eigenvalue weighted by atomic mass is 10.2. The summed E-state index contributed by atoms with van der Waals surface area (Å²) in [7, 11) is 0. The molecule has 1 aromatic rings. The average Bonchev–Trinajstić information content (AvgIpc) is 2.12. The number of nitrogens with zero attached hydrogens (tertiary/aromatic N) is 1. The summed E-state index contributed by atoms with van der Waals surface area (Å²) >= 11 is 5.92. The standard InChI is InChI=1S/C11H17ClN2/c1-4-5-9(3)13-10-7-6-8(2)11(12)14-10/h6-7,9H,4-5H2,1-3H3,(H,13,14). The van der Waals surface area contributed by atoms with E-state index in [0.717, 1.165) is 17.8 Å². The SMILES string of the molecule is CCCC(C)Nc1ccc(C)c(Cl)n1. The van der Waals surface area contributed by atoms with Gasteiger partial charge in [-0.2, -0.15) is 0 Å². The molecule has 78 valence electrons. The first-order chi connectivity index (χ1) is 6.63. The molecule has 0 amide bonds. The fourth-order valence-corrected chi connectivity index (χ4v) is 1.50. The Balaban J connectivity index is 2.63. The number of nitrogens with one attached hydrogen (secondary N) is 1. The Labute approximate surface area is 90.7 Å². The van der Waals surface area contributed by atoms with Crippen molar-refractivity contribution in [1.29, 1.82) is 0 Å². The molecule has 0 aliphatic rings. The molecule has 0 aliphatic heterocycles. The van der Waals surface area contributed by atoms with Crippen LogP contribution >= 0.6 is 11.6 Å². The third kappa shape index (κ3) is 3.18. The molecule has 0 saturated heterocycles. The molecule has 0 spiro atoms. The van der Waals surface area contributed by atoms with E-state index >= 15 is 0 Å². The zero-order valence-electron chi connectivity index (χ0n) is 8.97. The number of aromatic nitrogens is 1. The molecule has 1 rings (SSSR count). The minimum absolute atomic E-state index is 0.450. The molecule has 0 aromatic carbocycles. The highest BCUT2D eigenvalue weighted by Crippen LogP contribution is 2.16. The van der Waals surface area contributed by atoms with Crippen molar-refractivity contribution in [2.75, 3.05) is 5.32 Å². The zero-order chi connectivity index (χ0) is 10.6. The van der Waals surface area contributed by atoms with Gasteiger partial charge in [-0.25, -0.2) is 4.98 Å². The van der Waals surface area contributed by atoms with Crippen LogP contribution in [0.3, 0.4) is 0 Å². The van der Waals surface area contributed by atoms with Crippen LogP contribution in [0.25, 0.3) is 0 Å². The van der Waals surface area contributed by atoms with Gasteiger partial charge >= 0.3 is 0 Å². The zero-order valence-corrected chi connectivity index (χ0v) is 9.73. The molecule has 1 atom stereocenters. The largest absolute Gasteiger partial charge is 0.368 e. The summed E-state index contributed by atoms with van der Waals surface area (Å²) in [6.07, 6.45) is 2.32. The van der Waals surface area contributed by atoms with Crippen LogP contribution in [0, 0.1) is 6.92 Å². The topological polar surface area (TPSA) is 24.9 Å². The number of pyridine rings is 1. The first-order valence-electron chi connectivity index (χ1n) is 5.03. The molecular weight excluding hydrogens is 196 g/mol. The van der Waals surface area contributed by atoms with Gasteiger partial charge in [0.2, 0.25) is 0 Å². The fourth-order valence-electron chi connectivity index (χ4n) is 1.34. The van der Waals surface area contributed by atoms with Crippen LogP contribution in [0.15, 0.2) is 12.1 Å². The number of hydrogen-bond donors (Lipinski definition) is 1. The van der Waals surface area contributed by atoms with Crippen molar-refractivity contribution >= 4 is 17.4 Å². The summed E-state index contributed by atoms with van der Waals surface area (Å²) < 4.78 is 0. The predicted molar refractivity (Wildman–Crippen MR) is 62.0 cm³/mol. The van der Waals surface area contributed by atoms with Gasteiger partial charge in [-0.1, -0.05) is 31.0 Å². The lowest BCUT2D eigenvalue weighted by Crippen LogP contribution is -2.15. The van der Waals surface area contributed by atoms with Gasteiger partial charge in [0.15, 0.2) is 0 Å². The second-order valence-corrected chi connectivity index (χ2v) is 4.00. The first-order valence-corrected chi connectivity index (χ1v) is 5.41. The van der Waals surface area contributed by atoms with Gasteiger partial charge in [0, 0.05) is 6.04 Å². The number of anilines is 1. The van der Waals surface area contributed by atoms with Gasteiger partial charge in [-0.15, -0.1) is 0 Å². The average molecular weight is 213 g/mol. The summed E-state index contributed by atoms with van der Waals surface area (Å²) in [4.78, 5) is 4.25. The highest BCUT2D eigenvalue weighted by Gasteiger charge is 2.03. The van der Waals surface area contributed by atoms with E-state index in [0.29, 0.717) is 11.2 Å². The molecule has 0 aliphatic carbocycles. The van der Waals surface area contributed by atoms with Crippen molar-refractivity contribution in [2.24, 2.45) is 0 Å². The smallest absolute Gasteiger partial charge is 0.134 e. The molecule has 0 bridgehead atoms. The van der Waals surface area contributed by atoms with Crippen molar-refractivity contribution in [1.82, 2.24) is 4.98 Å². The lowest BCUT2D eigenvalue weighted by Gasteiger charge is -2.13. The Morgan fingerprint density at radius 3 is 2.79 bits per heavy atom. The van der Waals surface area contributed by atoms with Crippen LogP contribution in [0.5, 0.6) is 0 Å². The number of halogens is 1. The van der Waals surface area contributed by atoms with E-state index in [1.807, 2.05) is 19.1 Å². The molecule has 2 nitrogen and oxygen atoms in total.